The Balaban J connectivity index is 0.00000336. The number of nitrogens with zero attached hydrogens (tertiary/aromatic N) is 1. The maximum atomic E-state index is 13.9. The van der Waals surface area contributed by atoms with Gasteiger partial charge in [0.25, 0.3) is 5.97 Å². The largest absolute Gasteiger partial charge is 3.00 e. The molecule has 2 aliphatic heterocycles. The number of amides is 1. The molecule has 5 rings (SSSR count). The third-order valence-corrected chi connectivity index (χ3v) is 8.01. The molecule has 2 saturated heterocycles. The molecule has 54 heavy (non-hydrogen) atoms. The van der Waals surface area contributed by atoms with Gasteiger partial charge in [0.05, 0.1) is 0 Å². The van der Waals surface area contributed by atoms with Crippen molar-refractivity contribution in [2.24, 2.45) is 0 Å². The van der Waals surface area contributed by atoms with Crippen molar-refractivity contribution in [3.63, 3.8) is 0 Å². The van der Waals surface area contributed by atoms with Crippen LogP contribution in [0.2, 0.25) is 0 Å². The van der Waals surface area contributed by atoms with E-state index in [0.29, 0.717) is 24.1 Å². The molecule has 292 valence electrons. The average Bonchev–Trinajstić information content (AvgIpc) is 3.42. The Labute approximate surface area is 324 Å². The van der Waals surface area contributed by atoms with Crippen LogP contribution in [-0.4, -0.2) is 66.8 Å². The first-order valence-corrected chi connectivity index (χ1v) is 16.1. The summed E-state index contributed by atoms with van der Waals surface area (Å²) in [5, 5.41) is 0. The van der Waals surface area contributed by atoms with Crippen molar-refractivity contribution in [3.05, 3.63) is 117 Å². The van der Waals surface area contributed by atoms with Gasteiger partial charge in [-0.2, -0.15) is 6.61 Å². The average molecular weight is 796 g/mol. The molecule has 0 spiro atoms. The maximum Gasteiger partial charge on any atom is 3.00 e. The number of halogens is 1. The van der Waals surface area contributed by atoms with Crippen LogP contribution in [-0.2, 0) is 70.8 Å². The van der Waals surface area contributed by atoms with Gasteiger partial charge in [-0.3, -0.25) is 24.1 Å². The molecule has 0 bridgehead atoms. The molecule has 15 heteroatoms. The molecule has 0 saturated carbocycles. The van der Waals surface area contributed by atoms with Crippen molar-refractivity contribution in [3.8, 4) is 5.75 Å². The summed E-state index contributed by atoms with van der Waals surface area (Å²) < 4.78 is 53.2. The predicted octanol–water partition coefficient (Wildman–Crippen LogP) is 6.05. The minimum atomic E-state index is -1.34. The zero-order chi connectivity index (χ0) is 36.7. The number of anilines is 1. The quantitative estimate of drug-likeness (QED) is 0.119. The van der Waals surface area contributed by atoms with Crippen molar-refractivity contribution >= 4 is 35.7 Å². The van der Waals surface area contributed by atoms with Gasteiger partial charge >= 0.3 is 40.8 Å². The van der Waals surface area contributed by atoms with E-state index in [1.54, 1.807) is 24.3 Å². The molecular formula is C39H43CoFNO12. The van der Waals surface area contributed by atoms with E-state index in [-0.39, 0.29) is 37.4 Å². The van der Waals surface area contributed by atoms with Gasteiger partial charge in [-0.15, -0.1) is 0 Å². The van der Waals surface area contributed by atoms with E-state index in [1.807, 2.05) is 30.3 Å². The van der Waals surface area contributed by atoms with Gasteiger partial charge in [-0.05, 0) is 60.4 Å². The van der Waals surface area contributed by atoms with E-state index in [2.05, 4.69) is 0 Å². The molecule has 0 aliphatic carbocycles. The predicted molar refractivity (Wildman–Crippen MR) is 188 cm³/mol. The van der Waals surface area contributed by atoms with Crippen LogP contribution in [0.25, 0.3) is 0 Å². The fraction of sp³-hybridized carbons (Fsp3) is 0.333. The summed E-state index contributed by atoms with van der Waals surface area (Å²) in [7, 11) is 0. The first-order valence-electron chi connectivity index (χ1n) is 16.1. The molecule has 7 atom stereocenters. The van der Waals surface area contributed by atoms with Crippen LogP contribution in [0.1, 0.15) is 51.3 Å². The van der Waals surface area contributed by atoms with E-state index in [1.165, 1.54) is 36.1 Å². The Bertz CT molecular complexity index is 1710. The van der Waals surface area contributed by atoms with Gasteiger partial charge in [-0.1, -0.05) is 42.5 Å². The van der Waals surface area contributed by atoms with Gasteiger partial charge in [0, 0.05) is 39.5 Å². The van der Waals surface area contributed by atoms with Gasteiger partial charge in [0.2, 0.25) is 6.29 Å². The first kappa shape index (κ1) is 45.2. The zero-order valence-electron chi connectivity index (χ0n) is 30.6. The summed E-state index contributed by atoms with van der Waals surface area (Å²) in [4.78, 5) is 62.8. The van der Waals surface area contributed by atoms with E-state index in [0.717, 1.165) is 32.9 Å². The number of carbonyl (C=O) groups excluding carboxylic acids is 5. The van der Waals surface area contributed by atoms with Crippen LogP contribution in [0.5, 0.6) is 5.75 Å². The summed E-state index contributed by atoms with van der Waals surface area (Å²) in [6.45, 7) is 5.84. The fourth-order valence-corrected chi connectivity index (χ4v) is 5.99. The number of aryl methyl sites for hydroxylation is 1. The number of benzene rings is 3. The van der Waals surface area contributed by atoms with Crippen molar-refractivity contribution < 1.29 is 78.3 Å². The number of carbonyl (C=O) groups is 5. The SMILES string of the molecule is CC(=O)OC1[C@@H](OC(C)=O)[C@H](Oc2ccc([C@@H]3[C@@H]([C@@H](CCc4ccccc4)OC(C)=O)OC(=O)N3c3ccc(F)cc3)cc2)O[CH-][C@H]1OC(C)=O.[CH3-].[CH3-].[Co+3]. The number of rotatable bonds is 12. The van der Waals surface area contributed by atoms with Crippen LogP contribution in [0.3, 0.4) is 0 Å². The molecule has 2 aliphatic rings. The second kappa shape index (κ2) is 20.5. The molecule has 1 unspecified atom stereocenters. The topological polar surface area (TPSA) is 153 Å². The Morgan fingerprint density at radius 3 is 1.96 bits per heavy atom. The third-order valence-electron chi connectivity index (χ3n) is 8.01. The van der Waals surface area contributed by atoms with Crippen LogP contribution in [0.4, 0.5) is 14.9 Å². The molecule has 3 aromatic carbocycles. The molecule has 0 radical (unpaired) electrons. The van der Waals surface area contributed by atoms with Crippen molar-refractivity contribution in [2.75, 3.05) is 4.90 Å². The molecule has 2 heterocycles. The van der Waals surface area contributed by atoms with Gasteiger partial charge in [0.1, 0.15) is 23.7 Å². The molecule has 1 amide bonds. The third kappa shape index (κ3) is 11.5. The van der Waals surface area contributed by atoms with E-state index in [4.69, 9.17) is 33.2 Å². The minimum Gasteiger partial charge on any atom is -0.514 e. The number of hydrogen-bond acceptors (Lipinski definition) is 12. The number of ether oxygens (including phenoxy) is 7. The molecule has 13 nitrogen and oxygen atoms in total. The van der Waals surface area contributed by atoms with Crippen molar-refractivity contribution in [2.45, 2.75) is 83.4 Å². The molecular weight excluding hydrogens is 752 g/mol. The van der Waals surface area contributed by atoms with Crippen molar-refractivity contribution in [1.82, 2.24) is 0 Å². The Morgan fingerprint density at radius 2 is 1.39 bits per heavy atom. The minimum absolute atomic E-state index is 0. The Hall–Kier alpha value is -4.99. The van der Waals surface area contributed by atoms with E-state index >= 15 is 0 Å². The van der Waals surface area contributed by atoms with E-state index < -0.39 is 78.6 Å². The second-order valence-electron chi connectivity index (χ2n) is 11.9. The Kier molecular flexibility index (Phi) is 17.1. The summed E-state index contributed by atoms with van der Waals surface area (Å²) in [5.41, 5.74) is 1.91. The van der Waals surface area contributed by atoms with Gasteiger partial charge < -0.3 is 48.0 Å². The van der Waals surface area contributed by atoms with Crippen molar-refractivity contribution in [1.29, 1.82) is 0 Å². The summed E-state index contributed by atoms with van der Waals surface area (Å²) >= 11 is 0. The first-order chi connectivity index (χ1) is 24.4. The fourth-order valence-electron chi connectivity index (χ4n) is 5.99. The molecule has 0 N–H and O–H groups in total. The molecule has 2 fully saturated rings. The van der Waals surface area contributed by atoms with Gasteiger partial charge in [-0.25, -0.2) is 9.18 Å². The number of hydrogen-bond donors (Lipinski definition) is 0. The Morgan fingerprint density at radius 1 is 0.796 bits per heavy atom. The normalized spacial score (nSPS) is 22.1. The van der Waals surface area contributed by atoms with Crippen LogP contribution < -0.4 is 9.64 Å². The molecule has 0 aromatic heterocycles. The van der Waals surface area contributed by atoms with Gasteiger partial charge in [0.15, 0.2) is 18.3 Å². The van der Waals surface area contributed by atoms with E-state index in [9.17, 15) is 28.4 Å². The van der Waals surface area contributed by atoms with Crippen LogP contribution in [0, 0.1) is 27.3 Å². The monoisotopic (exact) mass is 795 g/mol. The van der Waals surface area contributed by atoms with Crippen LogP contribution in [0.15, 0.2) is 78.9 Å². The summed E-state index contributed by atoms with van der Waals surface area (Å²) in [5.74, 6) is -2.98. The summed E-state index contributed by atoms with van der Waals surface area (Å²) in [6, 6.07) is 20.5. The maximum absolute atomic E-state index is 13.9. The molecule has 3 aromatic rings. The number of cyclic esters (lactones) is 1. The smallest absolute Gasteiger partial charge is 0.514 e. The second-order valence-corrected chi connectivity index (χ2v) is 11.9. The summed E-state index contributed by atoms with van der Waals surface area (Å²) in [6.07, 6.45) is -6.82. The standard InChI is InChI=1S/C37H37FNO12.2CH3.Co/c1-21(40)46-30(19-10-25-8-6-5-7-9-25)33-32(39(37(44)51-33)28-15-13-27(38)14-16-28)26-11-17-29(18-12-26)50-36-35(49-24(4)43)34(48-23(3)42)31(20-45-36)47-22(2)41;;;/h5-9,11-18,20,30-36H,10,19H2,1-4H3;2*1H3;/q3*-1;+3/t30-,31-,32-,33-,34?,35-,36+;;;/m1.../s1. The van der Waals surface area contributed by atoms with Crippen LogP contribution >= 0.6 is 0 Å². The number of esters is 4. The zero-order valence-corrected chi connectivity index (χ0v) is 31.6.